The van der Waals surface area contributed by atoms with Gasteiger partial charge in [0.15, 0.2) is 0 Å². The second kappa shape index (κ2) is 5.82. The Morgan fingerprint density at radius 1 is 1.20 bits per heavy atom. The zero-order valence-corrected chi connectivity index (χ0v) is 9.59. The number of hydrogen-bond acceptors (Lipinski definition) is 6. The van der Waals surface area contributed by atoms with Crippen LogP contribution < -0.4 is 0 Å². The summed E-state index contributed by atoms with van der Waals surface area (Å²) in [5, 5.41) is 0. The van der Waals surface area contributed by atoms with E-state index in [4.69, 9.17) is 0 Å². The van der Waals surface area contributed by atoms with Gasteiger partial charge in [-0.25, -0.2) is 9.59 Å². The Kier molecular flexibility index (Phi) is 5.45. The van der Waals surface area contributed by atoms with E-state index in [1.165, 1.54) is 13.8 Å². The molecule has 88 valence electrons. The molecule has 6 nitrogen and oxygen atoms in total. The van der Waals surface area contributed by atoms with Crippen LogP contribution in [0, 0.1) is 0 Å². The quantitative estimate of drug-likeness (QED) is 0.372. The van der Waals surface area contributed by atoms with Crippen LogP contribution >= 0.6 is 0 Å². The number of carbonyl (C=O) groups excluding carboxylic acids is 2. The van der Waals surface area contributed by atoms with Gasteiger partial charge in [0, 0.05) is 0 Å². The molecular weight excluding hydrogens is 224 g/mol. The van der Waals surface area contributed by atoms with E-state index in [0.29, 0.717) is 0 Å². The Hall–Kier alpha value is -0.950. The van der Waals surface area contributed by atoms with E-state index in [0.717, 1.165) is 6.92 Å². The molecule has 0 aliphatic heterocycles. The van der Waals surface area contributed by atoms with Crippen molar-refractivity contribution in [1.82, 2.24) is 0 Å². The van der Waals surface area contributed by atoms with E-state index in [-0.39, 0.29) is 13.2 Å². The second-order valence-corrected chi connectivity index (χ2v) is 3.99. The lowest BCUT2D eigenvalue weighted by molar-refractivity contribution is -0.158. The highest BCUT2D eigenvalue weighted by molar-refractivity contribution is 7.82. The van der Waals surface area contributed by atoms with Crippen LogP contribution in [0.15, 0.2) is 0 Å². The lowest BCUT2D eigenvalue weighted by Gasteiger charge is -2.26. The predicted molar refractivity (Wildman–Crippen MR) is 50.6 cm³/mol. The third-order valence-electron chi connectivity index (χ3n) is 1.66. The summed E-state index contributed by atoms with van der Waals surface area (Å²) >= 11 is -2.93. The SMILES string of the molecule is CCOC(=O)C(C)(C(=O)OCC)S(=O)[O-]. The molecular formula is C8H13O6S-. The van der Waals surface area contributed by atoms with Crippen LogP contribution in [0.3, 0.4) is 0 Å². The highest BCUT2D eigenvalue weighted by Gasteiger charge is 2.46. The molecule has 0 aliphatic carbocycles. The molecule has 0 aromatic carbocycles. The van der Waals surface area contributed by atoms with E-state index >= 15 is 0 Å². The molecule has 0 saturated heterocycles. The summed E-state index contributed by atoms with van der Waals surface area (Å²) in [5.74, 6) is -2.26. The van der Waals surface area contributed by atoms with Crippen molar-refractivity contribution in [3.8, 4) is 0 Å². The minimum Gasteiger partial charge on any atom is -0.771 e. The van der Waals surface area contributed by atoms with E-state index in [1.807, 2.05) is 0 Å². The molecule has 0 rings (SSSR count). The maximum Gasteiger partial charge on any atom is 0.334 e. The largest absolute Gasteiger partial charge is 0.771 e. The van der Waals surface area contributed by atoms with Gasteiger partial charge in [-0.15, -0.1) is 0 Å². The summed E-state index contributed by atoms with van der Waals surface area (Å²) in [6.45, 7) is 3.95. The van der Waals surface area contributed by atoms with Crippen molar-refractivity contribution in [1.29, 1.82) is 0 Å². The minimum absolute atomic E-state index is 0.00890. The normalized spacial score (nSPS) is 13.1. The zero-order chi connectivity index (χ0) is 12.1. The predicted octanol–water partition coefficient (Wildman–Crippen LogP) is -0.250. The summed E-state index contributed by atoms with van der Waals surface area (Å²) < 4.78 is 28.4. The van der Waals surface area contributed by atoms with Gasteiger partial charge in [-0.3, -0.25) is 4.21 Å². The van der Waals surface area contributed by atoms with Crippen LogP contribution in [0.4, 0.5) is 0 Å². The molecule has 0 aromatic heterocycles. The summed E-state index contributed by atoms with van der Waals surface area (Å²) in [7, 11) is 0. The fraction of sp³-hybridized carbons (Fsp3) is 0.750. The number of esters is 2. The van der Waals surface area contributed by atoms with Gasteiger partial charge < -0.3 is 14.0 Å². The van der Waals surface area contributed by atoms with Gasteiger partial charge in [-0.05, 0) is 31.9 Å². The summed E-state index contributed by atoms with van der Waals surface area (Å²) in [4.78, 5) is 22.6. The van der Waals surface area contributed by atoms with Gasteiger partial charge in [-0.1, -0.05) is 0 Å². The molecule has 0 radical (unpaired) electrons. The molecule has 0 amide bonds. The molecule has 1 atom stereocenters. The minimum atomic E-state index is -2.93. The number of rotatable bonds is 5. The van der Waals surface area contributed by atoms with E-state index in [2.05, 4.69) is 9.47 Å². The molecule has 0 saturated carbocycles. The molecule has 15 heavy (non-hydrogen) atoms. The average Bonchev–Trinajstić information content (AvgIpc) is 2.16. The van der Waals surface area contributed by atoms with Crippen molar-refractivity contribution in [2.45, 2.75) is 25.5 Å². The number of hydrogen-bond donors (Lipinski definition) is 0. The Bertz CT molecular complexity index is 256. The summed E-state index contributed by atoms with van der Waals surface area (Å²) in [6, 6.07) is 0. The van der Waals surface area contributed by atoms with Gasteiger partial charge in [0.05, 0.1) is 13.2 Å². The maximum absolute atomic E-state index is 11.3. The fourth-order valence-electron chi connectivity index (χ4n) is 0.757. The molecule has 7 heteroatoms. The first kappa shape index (κ1) is 14.1. The highest BCUT2D eigenvalue weighted by Crippen LogP contribution is 2.17. The molecule has 0 aromatic rings. The number of carbonyl (C=O) groups is 2. The van der Waals surface area contributed by atoms with Crippen molar-refractivity contribution < 1.29 is 27.8 Å². The van der Waals surface area contributed by atoms with Gasteiger partial charge in [0.1, 0.15) is 0 Å². The van der Waals surface area contributed by atoms with E-state index < -0.39 is 27.8 Å². The molecule has 0 spiro atoms. The van der Waals surface area contributed by atoms with Crippen molar-refractivity contribution in [2.75, 3.05) is 13.2 Å². The average molecular weight is 237 g/mol. The smallest absolute Gasteiger partial charge is 0.334 e. The Balaban J connectivity index is 4.97. The van der Waals surface area contributed by atoms with Crippen LogP contribution in [0.2, 0.25) is 0 Å². The van der Waals surface area contributed by atoms with Crippen molar-refractivity contribution in [3.05, 3.63) is 0 Å². The molecule has 0 bridgehead atoms. The van der Waals surface area contributed by atoms with Crippen LogP contribution in [0.5, 0.6) is 0 Å². The first-order chi connectivity index (χ1) is 6.91. The van der Waals surface area contributed by atoms with Crippen LogP contribution in [0.1, 0.15) is 20.8 Å². The Morgan fingerprint density at radius 3 is 1.73 bits per heavy atom. The lowest BCUT2D eigenvalue weighted by Crippen LogP contribution is -2.49. The zero-order valence-electron chi connectivity index (χ0n) is 8.77. The molecule has 0 aliphatic rings. The Labute approximate surface area is 90.2 Å². The van der Waals surface area contributed by atoms with Gasteiger partial charge in [-0.2, -0.15) is 0 Å². The van der Waals surface area contributed by atoms with Crippen molar-refractivity contribution in [3.63, 3.8) is 0 Å². The lowest BCUT2D eigenvalue weighted by atomic mass is 10.2. The van der Waals surface area contributed by atoms with Crippen molar-refractivity contribution >= 4 is 23.0 Å². The highest BCUT2D eigenvalue weighted by atomic mass is 32.2. The Morgan fingerprint density at radius 2 is 1.53 bits per heavy atom. The standard InChI is InChI=1S/C8H14O6S/c1-4-13-6(9)8(3,15(11)12)7(10)14-5-2/h4-5H2,1-3H3,(H,11,12)/p-1. The van der Waals surface area contributed by atoms with Crippen molar-refractivity contribution in [2.24, 2.45) is 0 Å². The fourth-order valence-corrected chi connectivity index (χ4v) is 1.15. The molecule has 0 fully saturated rings. The topological polar surface area (TPSA) is 92.7 Å². The first-order valence-electron chi connectivity index (χ1n) is 4.35. The molecule has 0 N–H and O–H groups in total. The van der Waals surface area contributed by atoms with Gasteiger partial charge in [0.25, 0.3) is 0 Å². The van der Waals surface area contributed by atoms with Gasteiger partial charge in [0.2, 0.25) is 4.75 Å². The van der Waals surface area contributed by atoms with E-state index in [1.54, 1.807) is 0 Å². The van der Waals surface area contributed by atoms with Gasteiger partial charge >= 0.3 is 11.9 Å². The van der Waals surface area contributed by atoms with E-state index in [9.17, 15) is 18.4 Å². The summed E-state index contributed by atoms with van der Waals surface area (Å²) in [5.41, 5.74) is 0. The molecule has 1 unspecified atom stereocenters. The third-order valence-corrected chi connectivity index (χ3v) is 2.66. The van der Waals surface area contributed by atoms with Crippen LogP contribution in [0.25, 0.3) is 0 Å². The third kappa shape index (κ3) is 3.00. The van der Waals surface area contributed by atoms with Crippen LogP contribution in [-0.2, 0) is 30.1 Å². The summed E-state index contributed by atoms with van der Waals surface area (Å²) in [6.07, 6.45) is 0. The first-order valence-corrected chi connectivity index (χ1v) is 5.42. The maximum atomic E-state index is 11.3. The molecule has 0 heterocycles. The monoisotopic (exact) mass is 237 g/mol. The number of ether oxygens (including phenoxy) is 2. The van der Waals surface area contributed by atoms with Crippen LogP contribution in [-0.4, -0.2) is 38.7 Å². The second-order valence-electron chi connectivity index (χ2n) is 2.71.